The first-order valence-corrected chi connectivity index (χ1v) is 5.90. The molecule has 1 aromatic carbocycles. The summed E-state index contributed by atoms with van der Waals surface area (Å²) in [6.45, 7) is 4.06. The minimum absolute atomic E-state index is 0.331. The molecule has 1 rings (SSSR count). The molecule has 0 heterocycles. The van der Waals surface area contributed by atoms with Crippen molar-refractivity contribution in [2.45, 2.75) is 19.4 Å². The molecule has 4 heteroatoms. The molecule has 1 unspecified atom stereocenters. The third-order valence-electron chi connectivity index (χ3n) is 2.34. The third kappa shape index (κ3) is 6.26. The van der Waals surface area contributed by atoms with Crippen molar-refractivity contribution in [3.05, 3.63) is 29.8 Å². The van der Waals surface area contributed by atoms with Gasteiger partial charge in [0, 0.05) is 18.7 Å². The fourth-order valence-corrected chi connectivity index (χ4v) is 1.47. The first-order valence-electron chi connectivity index (χ1n) is 5.90. The number of ether oxygens (including phenoxy) is 2. The summed E-state index contributed by atoms with van der Waals surface area (Å²) < 4.78 is 10.4. The highest BCUT2D eigenvalue weighted by atomic mass is 16.5. The SMILES string of the molecule is CCOCCOCC(O)Cc1ccc(N)cc1. The predicted molar refractivity (Wildman–Crippen MR) is 67.9 cm³/mol. The summed E-state index contributed by atoms with van der Waals surface area (Å²) in [5.74, 6) is 0. The molecule has 0 saturated heterocycles. The molecule has 0 aliphatic rings. The molecule has 0 saturated carbocycles. The van der Waals surface area contributed by atoms with E-state index in [-0.39, 0.29) is 0 Å². The normalized spacial score (nSPS) is 12.6. The van der Waals surface area contributed by atoms with Gasteiger partial charge in [0.15, 0.2) is 0 Å². The van der Waals surface area contributed by atoms with Crippen LogP contribution in [0.4, 0.5) is 5.69 Å². The summed E-state index contributed by atoms with van der Waals surface area (Å²) in [6, 6.07) is 7.49. The molecule has 0 spiro atoms. The molecule has 0 amide bonds. The monoisotopic (exact) mass is 239 g/mol. The Morgan fingerprint density at radius 1 is 1.18 bits per heavy atom. The molecule has 3 N–H and O–H groups in total. The lowest BCUT2D eigenvalue weighted by Gasteiger charge is -2.11. The van der Waals surface area contributed by atoms with Crippen LogP contribution in [0.2, 0.25) is 0 Å². The van der Waals surface area contributed by atoms with E-state index in [1.807, 2.05) is 31.2 Å². The molecule has 0 fully saturated rings. The smallest absolute Gasteiger partial charge is 0.0813 e. The van der Waals surface area contributed by atoms with E-state index < -0.39 is 6.10 Å². The highest BCUT2D eigenvalue weighted by Crippen LogP contribution is 2.08. The van der Waals surface area contributed by atoms with Gasteiger partial charge in [0.1, 0.15) is 0 Å². The van der Waals surface area contributed by atoms with E-state index in [0.717, 1.165) is 11.3 Å². The van der Waals surface area contributed by atoms with Gasteiger partial charge in [-0.25, -0.2) is 0 Å². The van der Waals surface area contributed by atoms with Gasteiger partial charge in [0.05, 0.1) is 25.9 Å². The molecule has 1 atom stereocenters. The van der Waals surface area contributed by atoms with Crippen LogP contribution in [-0.2, 0) is 15.9 Å². The maximum Gasteiger partial charge on any atom is 0.0813 e. The Balaban J connectivity index is 2.16. The molecule has 0 aliphatic carbocycles. The molecule has 4 nitrogen and oxygen atoms in total. The van der Waals surface area contributed by atoms with Crippen LogP contribution in [0.5, 0.6) is 0 Å². The van der Waals surface area contributed by atoms with E-state index >= 15 is 0 Å². The van der Waals surface area contributed by atoms with Crippen molar-refractivity contribution in [1.29, 1.82) is 0 Å². The van der Waals surface area contributed by atoms with Gasteiger partial charge < -0.3 is 20.3 Å². The van der Waals surface area contributed by atoms with Crippen LogP contribution < -0.4 is 5.73 Å². The number of nitrogens with two attached hydrogens (primary N) is 1. The zero-order valence-corrected chi connectivity index (χ0v) is 10.3. The van der Waals surface area contributed by atoms with Gasteiger partial charge in [0.2, 0.25) is 0 Å². The van der Waals surface area contributed by atoms with Gasteiger partial charge in [-0.15, -0.1) is 0 Å². The van der Waals surface area contributed by atoms with Crippen LogP contribution >= 0.6 is 0 Å². The van der Waals surface area contributed by atoms with E-state index in [1.165, 1.54) is 0 Å². The summed E-state index contributed by atoms with van der Waals surface area (Å²) in [5.41, 5.74) is 7.37. The van der Waals surface area contributed by atoms with E-state index in [1.54, 1.807) is 0 Å². The fraction of sp³-hybridized carbons (Fsp3) is 0.538. The Morgan fingerprint density at radius 3 is 2.47 bits per heavy atom. The largest absolute Gasteiger partial charge is 0.399 e. The van der Waals surface area contributed by atoms with Crippen molar-refractivity contribution >= 4 is 5.69 Å². The second-order valence-electron chi connectivity index (χ2n) is 3.87. The highest BCUT2D eigenvalue weighted by molar-refractivity contribution is 5.39. The number of hydrogen-bond acceptors (Lipinski definition) is 4. The zero-order chi connectivity index (χ0) is 12.5. The lowest BCUT2D eigenvalue weighted by Crippen LogP contribution is -2.19. The van der Waals surface area contributed by atoms with Gasteiger partial charge >= 0.3 is 0 Å². The number of nitrogen functional groups attached to an aromatic ring is 1. The van der Waals surface area contributed by atoms with Crippen LogP contribution in [-0.4, -0.2) is 37.6 Å². The average molecular weight is 239 g/mol. The van der Waals surface area contributed by atoms with Crippen molar-refractivity contribution in [3.63, 3.8) is 0 Å². The van der Waals surface area contributed by atoms with E-state index in [0.29, 0.717) is 32.8 Å². The summed E-state index contributed by atoms with van der Waals surface area (Å²) >= 11 is 0. The zero-order valence-electron chi connectivity index (χ0n) is 10.3. The van der Waals surface area contributed by atoms with Crippen molar-refractivity contribution in [2.75, 3.05) is 32.2 Å². The molecule has 17 heavy (non-hydrogen) atoms. The lowest BCUT2D eigenvalue weighted by atomic mass is 10.1. The second kappa shape index (κ2) is 8.06. The Bertz CT molecular complexity index is 300. The Hall–Kier alpha value is -1.10. The van der Waals surface area contributed by atoms with E-state index in [4.69, 9.17) is 15.2 Å². The lowest BCUT2D eigenvalue weighted by molar-refractivity contribution is 0.00637. The third-order valence-corrected chi connectivity index (χ3v) is 2.34. The first-order chi connectivity index (χ1) is 8.22. The van der Waals surface area contributed by atoms with Gasteiger partial charge in [-0.05, 0) is 24.6 Å². The standard InChI is InChI=1S/C13H21NO3/c1-2-16-7-8-17-10-13(15)9-11-3-5-12(14)6-4-11/h3-6,13,15H,2,7-10,14H2,1H3. The number of rotatable bonds is 8. The van der Waals surface area contributed by atoms with Crippen molar-refractivity contribution in [3.8, 4) is 0 Å². The molecule has 0 aliphatic heterocycles. The van der Waals surface area contributed by atoms with Gasteiger partial charge in [-0.2, -0.15) is 0 Å². The fourth-order valence-electron chi connectivity index (χ4n) is 1.47. The molecule has 0 radical (unpaired) electrons. The molecule has 0 aromatic heterocycles. The second-order valence-corrected chi connectivity index (χ2v) is 3.87. The van der Waals surface area contributed by atoms with Crippen LogP contribution in [0.25, 0.3) is 0 Å². The Kier molecular flexibility index (Phi) is 6.62. The number of anilines is 1. The molecule has 0 bridgehead atoms. The van der Waals surface area contributed by atoms with Gasteiger partial charge in [0.25, 0.3) is 0 Å². The minimum Gasteiger partial charge on any atom is -0.399 e. The predicted octanol–water partition coefficient (Wildman–Crippen LogP) is 1.23. The van der Waals surface area contributed by atoms with Crippen molar-refractivity contribution in [1.82, 2.24) is 0 Å². The van der Waals surface area contributed by atoms with E-state index in [9.17, 15) is 5.11 Å². The number of hydrogen-bond donors (Lipinski definition) is 2. The van der Waals surface area contributed by atoms with Crippen LogP contribution in [0.1, 0.15) is 12.5 Å². The summed E-state index contributed by atoms with van der Waals surface area (Å²) in [4.78, 5) is 0. The molecular formula is C13H21NO3. The molecule has 96 valence electrons. The van der Waals surface area contributed by atoms with Gasteiger partial charge in [-0.3, -0.25) is 0 Å². The molecular weight excluding hydrogens is 218 g/mol. The Labute approximate surface area is 102 Å². The average Bonchev–Trinajstić information content (AvgIpc) is 2.32. The topological polar surface area (TPSA) is 64.7 Å². The van der Waals surface area contributed by atoms with Crippen molar-refractivity contribution < 1.29 is 14.6 Å². The highest BCUT2D eigenvalue weighted by Gasteiger charge is 2.05. The number of aliphatic hydroxyl groups excluding tert-OH is 1. The van der Waals surface area contributed by atoms with Crippen LogP contribution in [0.3, 0.4) is 0 Å². The van der Waals surface area contributed by atoms with Gasteiger partial charge in [-0.1, -0.05) is 12.1 Å². The van der Waals surface area contributed by atoms with Crippen LogP contribution in [0, 0.1) is 0 Å². The molecule has 1 aromatic rings. The minimum atomic E-state index is -0.486. The van der Waals surface area contributed by atoms with E-state index in [2.05, 4.69) is 0 Å². The first kappa shape index (κ1) is 14.0. The maximum absolute atomic E-state index is 9.73. The summed E-state index contributed by atoms with van der Waals surface area (Å²) in [5, 5.41) is 9.73. The van der Waals surface area contributed by atoms with Crippen molar-refractivity contribution in [2.24, 2.45) is 0 Å². The number of aliphatic hydroxyl groups is 1. The summed E-state index contributed by atoms with van der Waals surface area (Å²) in [6.07, 6.45) is 0.0924. The quantitative estimate of drug-likeness (QED) is 0.529. The maximum atomic E-state index is 9.73. The summed E-state index contributed by atoms with van der Waals surface area (Å²) in [7, 11) is 0. The Morgan fingerprint density at radius 2 is 1.82 bits per heavy atom. The van der Waals surface area contributed by atoms with Crippen LogP contribution in [0.15, 0.2) is 24.3 Å². The number of benzene rings is 1.